The molecule has 42 heavy (non-hydrogen) atoms. The molecule has 7 nitrogen and oxygen atoms in total. The Hall–Kier alpha value is -4.36. The van der Waals surface area contributed by atoms with Crippen LogP contribution in [0, 0.1) is 0 Å². The molecule has 1 aromatic heterocycles. The lowest BCUT2D eigenvalue weighted by atomic mass is 10.1. The highest BCUT2D eigenvalue weighted by Crippen LogP contribution is 2.18. The molecule has 0 unspecified atom stereocenters. The Morgan fingerprint density at radius 1 is 0.786 bits per heavy atom. The lowest BCUT2D eigenvalue weighted by Gasteiger charge is -2.28. The van der Waals surface area contributed by atoms with E-state index in [4.69, 9.17) is 9.47 Å². The van der Waals surface area contributed by atoms with Gasteiger partial charge in [-0.15, -0.1) is 0 Å². The zero-order chi connectivity index (χ0) is 29.7. The van der Waals surface area contributed by atoms with Gasteiger partial charge in [-0.1, -0.05) is 61.5 Å². The molecule has 4 rings (SSSR count). The predicted molar refractivity (Wildman–Crippen MR) is 165 cm³/mol. The second-order valence-electron chi connectivity index (χ2n) is 10.3. The summed E-state index contributed by atoms with van der Waals surface area (Å²) in [5.74, 6) is 0.553. The van der Waals surface area contributed by atoms with Gasteiger partial charge in [0.05, 0.1) is 13.7 Å². The van der Waals surface area contributed by atoms with Gasteiger partial charge in [0.1, 0.15) is 12.3 Å². The molecule has 0 saturated carbocycles. The first kappa shape index (κ1) is 30.6. The fourth-order valence-corrected chi connectivity index (χ4v) is 4.93. The molecule has 0 atom stereocenters. The van der Waals surface area contributed by atoms with Gasteiger partial charge in [-0.2, -0.15) is 0 Å². The quantitative estimate of drug-likeness (QED) is 0.170. The summed E-state index contributed by atoms with van der Waals surface area (Å²) in [5, 5.41) is 0. The van der Waals surface area contributed by atoms with E-state index in [1.165, 1.54) is 5.56 Å². The van der Waals surface area contributed by atoms with Crippen LogP contribution in [0.3, 0.4) is 0 Å². The first-order valence-electron chi connectivity index (χ1n) is 14.5. The van der Waals surface area contributed by atoms with E-state index >= 15 is 0 Å². The lowest BCUT2D eigenvalue weighted by Crippen LogP contribution is -2.43. The van der Waals surface area contributed by atoms with Crippen LogP contribution in [0.1, 0.15) is 46.1 Å². The number of hydrogen-bond donors (Lipinski definition) is 0. The number of benzene rings is 3. The molecule has 0 aliphatic rings. The van der Waals surface area contributed by atoms with Crippen molar-refractivity contribution in [3.63, 3.8) is 0 Å². The molecule has 0 radical (unpaired) electrons. The second-order valence-corrected chi connectivity index (χ2v) is 10.3. The van der Waals surface area contributed by atoms with Crippen LogP contribution in [-0.2, 0) is 35.6 Å². The zero-order valence-electron chi connectivity index (χ0n) is 24.9. The summed E-state index contributed by atoms with van der Waals surface area (Å²) in [6.45, 7) is 4.52. The van der Waals surface area contributed by atoms with Gasteiger partial charge in [0, 0.05) is 50.8 Å². The third-order valence-corrected chi connectivity index (χ3v) is 7.33. The maximum Gasteiger partial charge on any atom is 0.254 e. The molecule has 0 bridgehead atoms. The Morgan fingerprint density at radius 3 is 2.26 bits per heavy atom. The van der Waals surface area contributed by atoms with Crippen molar-refractivity contribution in [1.82, 2.24) is 14.4 Å². The van der Waals surface area contributed by atoms with Gasteiger partial charge in [0.2, 0.25) is 5.91 Å². The van der Waals surface area contributed by atoms with Crippen LogP contribution in [0.25, 0.3) is 0 Å². The number of aryl methyl sites for hydroxylation is 1. The second kappa shape index (κ2) is 15.6. The van der Waals surface area contributed by atoms with Gasteiger partial charge in [-0.05, 0) is 65.9 Å². The van der Waals surface area contributed by atoms with Crippen LogP contribution in [0.4, 0.5) is 0 Å². The number of ether oxygens (including phenoxy) is 2. The Bertz CT molecular complexity index is 1420. The van der Waals surface area contributed by atoms with Gasteiger partial charge in [0.25, 0.3) is 5.91 Å². The third-order valence-electron chi connectivity index (χ3n) is 7.33. The largest absolute Gasteiger partial charge is 0.497 e. The number of amides is 2. The van der Waals surface area contributed by atoms with Crippen LogP contribution in [-0.4, -0.2) is 60.1 Å². The topological polar surface area (TPSA) is 64.0 Å². The SMILES string of the molecule is CCc1ccc(C(=O)N(CCCOC)CC(=O)N(Cc2ccccc2)Cc2cccn2Cc2cccc(OC)c2)cc1. The van der Waals surface area contributed by atoms with E-state index in [1.807, 2.05) is 96.0 Å². The molecule has 0 spiro atoms. The number of methoxy groups -OCH3 is 2. The van der Waals surface area contributed by atoms with E-state index in [-0.39, 0.29) is 18.4 Å². The van der Waals surface area contributed by atoms with Gasteiger partial charge in [-0.3, -0.25) is 9.59 Å². The molecular formula is C35H41N3O4. The summed E-state index contributed by atoms with van der Waals surface area (Å²) >= 11 is 0. The number of rotatable bonds is 15. The average Bonchev–Trinajstić information content (AvgIpc) is 3.46. The number of carbonyl (C=O) groups excluding carboxylic acids is 2. The van der Waals surface area contributed by atoms with Crippen molar-refractivity contribution in [2.24, 2.45) is 0 Å². The fraction of sp³-hybridized carbons (Fsp3) is 0.314. The van der Waals surface area contributed by atoms with Gasteiger partial charge >= 0.3 is 0 Å². The number of nitrogens with zero attached hydrogens (tertiary/aromatic N) is 3. The van der Waals surface area contributed by atoms with Crippen molar-refractivity contribution in [2.45, 2.75) is 39.4 Å². The number of carbonyl (C=O) groups is 2. The highest BCUT2D eigenvalue weighted by Gasteiger charge is 2.23. The number of hydrogen-bond acceptors (Lipinski definition) is 4. The van der Waals surface area contributed by atoms with Crippen LogP contribution in [0.15, 0.2) is 97.2 Å². The molecule has 0 aliphatic heterocycles. The number of aromatic nitrogens is 1. The average molecular weight is 568 g/mol. The van der Waals surface area contributed by atoms with E-state index in [0.717, 1.165) is 29.0 Å². The normalized spacial score (nSPS) is 10.8. The molecule has 3 aromatic carbocycles. The van der Waals surface area contributed by atoms with Gasteiger partial charge in [0.15, 0.2) is 0 Å². The third kappa shape index (κ3) is 8.57. The van der Waals surface area contributed by atoms with Crippen molar-refractivity contribution >= 4 is 11.8 Å². The highest BCUT2D eigenvalue weighted by atomic mass is 16.5. The van der Waals surface area contributed by atoms with Gasteiger partial charge < -0.3 is 23.8 Å². The van der Waals surface area contributed by atoms with E-state index in [1.54, 1.807) is 19.1 Å². The van der Waals surface area contributed by atoms with Crippen LogP contribution in [0.2, 0.25) is 0 Å². The monoisotopic (exact) mass is 567 g/mol. The Morgan fingerprint density at radius 2 is 1.55 bits per heavy atom. The van der Waals surface area contributed by atoms with Crippen LogP contribution >= 0.6 is 0 Å². The van der Waals surface area contributed by atoms with Crippen molar-refractivity contribution in [1.29, 1.82) is 0 Å². The molecule has 220 valence electrons. The fourth-order valence-electron chi connectivity index (χ4n) is 4.93. The summed E-state index contributed by atoms with van der Waals surface area (Å²) in [5.41, 5.74) is 4.90. The lowest BCUT2D eigenvalue weighted by molar-refractivity contribution is -0.133. The maximum atomic E-state index is 14.0. The first-order chi connectivity index (χ1) is 20.5. The van der Waals surface area contributed by atoms with E-state index in [9.17, 15) is 9.59 Å². The summed E-state index contributed by atoms with van der Waals surface area (Å²) in [6.07, 6.45) is 3.57. The maximum absolute atomic E-state index is 14.0. The van der Waals surface area contributed by atoms with E-state index in [2.05, 4.69) is 17.6 Å². The molecular weight excluding hydrogens is 526 g/mol. The summed E-state index contributed by atoms with van der Waals surface area (Å²) in [6, 6.07) is 29.6. The van der Waals surface area contributed by atoms with E-state index in [0.29, 0.717) is 44.8 Å². The molecule has 0 N–H and O–H groups in total. The van der Waals surface area contributed by atoms with Crippen molar-refractivity contribution < 1.29 is 19.1 Å². The zero-order valence-corrected chi connectivity index (χ0v) is 24.9. The van der Waals surface area contributed by atoms with Crippen molar-refractivity contribution in [3.05, 3.63) is 125 Å². The molecule has 1 heterocycles. The standard InChI is InChI=1S/C35H41N3O4/c1-4-28-16-18-31(19-17-28)35(40)37(21-10-22-41-2)27-34(39)38(24-29-11-6-5-7-12-29)26-32-14-9-20-36(32)25-30-13-8-15-33(23-30)42-3/h5-9,11-20,23H,4,10,21-22,24-27H2,1-3H3. The smallest absolute Gasteiger partial charge is 0.254 e. The van der Waals surface area contributed by atoms with Crippen molar-refractivity contribution in [2.75, 3.05) is 33.9 Å². The minimum Gasteiger partial charge on any atom is -0.497 e. The Kier molecular flexibility index (Phi) is 11.4. The Labute approximate surface area is 249 Å². The predicted octanol–water partition coefficient (Wildman–Crippen LogP) is 5.82. The van der Waals surface area contributed by atoms with Crippen LogP contribution < -0.4 is 4.74 Å². The van der Waals surface area contributed by atoms with Crippen LogP contribution in [0.5, 0.6) is 5.75 Å². The molecule has 0 saturated heterocycles. The van der Waals surface area contributed by atoms with Gasteiger partial charge in [-0.25, -0.2) is 0 Å². The van der Waals surface area contributed by atoms with Crippen molar-refractivity contribution in [3.8, 4) is 5.75 Å². The Balaban J connectivity index is 1.56. The summed E-state index contributed by atoms with van der Waals surface area (Å²) in [4.78, 5) is 31.0. The first-order valence-corrected chi connectivity index (χ1v) is 14.5. The summed E-state index contributed by atoms with van der Waals surface area (Å²) < 4.78 is 12.8. The minimum absolute atomic E-state index is 0.0124. The van der Waals surface area contributed by atoms with E-state index < -0.39 is 0 Å². The highest BCUT2D eigenvalue weighted by molar-refractivity contribution is 5.96. The molecule has 7 heteroatoms. The molecule has 2 amide bonds. The molecule has 4 aromatic rings. The molecule has 0 fully saturated rings. The molecule has 0 aliphatic carbocycles. The summed E-state index contributed by atoms with van der Waals surface area (Å²) in [7, 11) is 3.31. The minimum atomic E-state index is -0.150.